The molecule has 2 aromatic carbocycles. The molecule has 0 aliphatic heterocycles. The third kappa shape index (κ3) is 15.3. The van der Waals surface area contributed by atoms with Crippen molar-refractivity contribution < 1.29 is 14.3 Å². The maximum Gasteiger partial charge on any atom is 0.332 e. The summed E-state index contributed by atoms with van der Waals surface area (Å²) in [4.78, 5) is 27.6. The molecule has 0 aromatic heterocycles. The highest BCUT2D eigenvalue weighted by molar-refractivity contribution is 5.94. The highest BCUT2D eigenvalue weighted by Crippen LogP contribution is 2.10. The van der Waals surface area contributed by atoms with Crippen LogP contribution in [0.3, 0.4) is 0 Å². The number of nitrogens with one attached hydrogen (secondary N) is 1. The van der Waals surface area contributed by atoms with Crippen molar-refractivity contribution in [1.82, 2.24) is 10.2 Å². The predicted molar refractivity (Wildman–Crippen MR) is 168 cm³/mol. The number of nitrogens with two attached hydrogens (primary N) is 4. The number of carbonyl (C=O) groups is 2. The minimum Gasteiger partial charge on any atom is -0.443 e. The van der Waals surface area contributed by atoms with Crippen molar-refractivity contribution in [1.29, 1.82) is 0 Å². The van der Waals surface area contributed by atoms with Crippen LogP contribution < -0.4 is 28.3 Å². The summed E-state index contributed by atoms with van der Waals surface area (Å²) in [5.74, 6) is -0.740. The second-order valence-electron chi connectivity index (χ2n) is 10.4. The van der Waals surface area contributed by atoms with Crippen LogP contribution in [-0.4, -0.2) is 55.7 Å². The summed E-state index contributed by atoms with van der Waals surface area (Å²) in [6.07, 6.45) is 11.0. The third-order valence-electron chi connectivity index (χ3n) is 6.90. The van der Waals surface area contributed by atoms with Gasteiger partial charge in [-0.2, -0.15) is 0 Å². The minimum absolute atomic E-state index is 0.202. The fourth-order valence-corrected chi connectivity index (χ4v) is 4.42. The molecular formula is C32H50N6O3. The molecule has 0 saturated heterocycles. The molecule has 1 amide bonds. The average Bonchev–Trinajstić information content (AvgIpc) is 2.97. The number of hydrogen-bond acceptors (Lipinski definition) is 8. The summed E-state index contributed by atoms with van der Waals surface area (Å²) in [5.41, 5.74) is 26.5. The Morgan fingerprint density at radius 1 is 0.732 bits per heavy atom. The lowest BCUT2D eigenvalue weighted by atomic mass is 10.1. The molecule has 0 saturated carbocycles. The Morgan fingerprint density at radius 3 is 1.90 bits per heavy atom. The monoisotopic (exact) mass is 566 g/mol. The molecule has 0 heterocycles. The van der Waals surface area contributed by atoms with E-state index in [-0.39, 0.29) is 5.91 Å². The number of nitrogen functional groups attached to an aromatic ring is 2. The van der Waals surface area contributed by atoms with Crippen LogP contribution in [0.1, 0.15) is 62.5 Å². The van der Waals surface area contributed by atoms with Gasteiger partial charge >= 0.3 is 5.97 Å². The van der Waals surface area contributed by atoms with Gasteiger partial charge in [-0.1, -0.05) is 43.5 Å². The van der Waals surface area contributed by atoms with Gasteiger partial charge in [-0.15, -0.1) is 0 Å². The van der Waals surface area contributed by atoms with Gasteiger partial charge in [0, 0.05) is 43.2 Å². The van der Waals surface area contributed by atoms with E-state index in [1.165, 1.54) is 12.2 Å². The maximum atomic E-state index is 13.1. The first-order valence-electron chi connectivity index (χ1n) is 14.9. The van der Waals surface area contributed by atoms with E-state index in [0.717, 1.165) is 68.2 Å². The van der Waals surface area contributed by atoms with Crippen molar-refractivity contribution in [2.24, 2.45) is 11.5 Å². The van der Waals surface area contributed by atoms with Crippen molar-refractivity contribution in [3.8, 4) is 0 Å². The van der Waals surface area contributed by atoms with Gasteiger partial charge in [-0.25, -0.2) is 4.79 Å². The van der Waals surface area contributed by atoms with E-state index in [9.17, 15) is 9.59 Å². The molecule has 0 bridgehead atoms. The fourth-order valence-electron chi connectivity index (χ4n) is 4.42. The number of unbranched alkanes of at least 4 members (excludes halogenated alkanes) is 5. The first-order chi connectivity index (χ1) is 19.9. The summed E-state index contributed by atoms with van der Waals surface area (Å²) >= 11 is 0. The van der Waals surface area contributed by atoms with E-state index in [1.54, 1.807) is 4.90 Å². The SMILES string of the molecule is NCCCCCCN(CCc1ccc(N)cc1)C(=O)/C=C/C(=O)OC(CCCCCN)NCCc1ccc(N)cc1. The van der Waals surface area contributed by atoms with Crippen molar-refractivity contribution in [3.05, 3.63) is 71.8 Å². The smallest absolute Gasteiger partial charge is 0.332 e. The van der Waals surface area contributed by atoms with E-state index in [1.807, 2.05) is 48.5 Å². The molecule has 9 heteroatoms. The Hall–Kier alpha value is -3.40. The summed E-state index contributed by atoms with van der Waals surface area (Å²) in [6.45, 7) is 3.13. The molecule has 1 atom stereocenters. The highest BCUT2D eigenvalue weighted by atomic mass is 16.6. The Bertz CT molecular complexity index is 1030. The van der Waals surface area contributed by atoms with E-state index < -0.39 is 12.2 Å². The Kier molecular flexibility index (Phi) is 16.9. The molecule has 41 heavy (non-hydrogen) atoms. The van der Waals surface area contributed by atoms with Gasteiger partial charge < -0.3 is 32.6 Å². The quantitative estimate of drug-likeness (QED) is 0.0504. The number of benzene rings is 2. The third-order valence-corrected chi connectivity index (χ3v) is 6.90. The van der Waals surface area contributed by atoms with Crippen LogP contribution in [0.5, 0.6) is 0 Å². The second-order valence-corrected chi connectivity index (χ2v) is 10.4. The lowest BCUT2D eigenvalue weighted by molar-refractivity contribution is -0.145. The normalized spacial score (nSPS) is 12.0. The van der Waals surface area contributed by atoms with Crippen LogP contribution in [-0.2, 0) is 27.2 Å². The number of anilines is 2. The van der Waals surface area contributed by atoms with Gasteiger partial charge in [0.15, 0.2) is 6.23 Å². The van der Waals surface area contributed by atoms with Crippen LogP contribution in [0.2, 0.25) is 0 Å². The zero-order chi connectivity index (χ0) is 29.7. The van der Waals surface area contributed by atoms with Crippen LogP contribution in [0.25, 0.3) is 0 Å². The predicted octanol–water partition coefficient (Wildman–Crippen LogP) is 3.52. The zero-order valence-electron chi connectivity index (χ0n) is 24.4. The van der Waals surface area contributed by atoms with Gasteiger partial charge in [0.2, 0.25) is 5.91 Å². The van der Waals surface area contributed by atoms with Gasteiger partial charge in [0.1, 0.15) is 0 Å². The molecule has 2 aromatic rings. The highest BCUT2D eigenvalue weighted by Gasteiger charge is 2.15. The van der Waals surface area contributed by atoms with Gasteiger partial charge in [0.05, 0.1) is 0 Å². The number of esters is 1. The summed E-state index contributed by atoms with van der Waals surface area (Å²) in [5, 5.41) is 3.34. The van der Waals surface area contributed by atoms with Crippen LogP contribution in [0.15, 0.2) is 60.7 Å². The van der Waals surface area contributed by atoms with E-state index in [4.69, 9.17) is 27.7 Å². The molecule has 0 aliphatic carbocycles. The standard InChI is InChI=1S/C32H50N6O3/c33-21-5-1-2-7-24-38(25-20-27-11-15-29(36)16-12-27)31(39)17-18-32(40)41-30(8-4-3-6-22-34)37-23-19-26-9-13-28(35)14-10-26/h9-18,30,37H,1-8,19-25,33-36H2/b18-17+. The van der Waals surface area contributed by atoms with Crippen molar-refractivity contribution in [3.63, 3.8) is 0 Å². The van der Waals surface area contributed by atoms with Gasteiger partial charge in [-0.3, -0.25) is 10.1 Å². The van der Waals surface area contributed by atoms with Crippen LogP contribution in [0, 0.1) is 0 Å². The molecule has 2 rings (SSSR count). The maximum absolute atomic E-state index is 13.1. The minimum atomic E-state index is -0.538. The lowest BCUT2D eigenvalue weighted by Gasteiger charge is -2.22. The molecule has 1 unspecified atom stereocenters. The number of amides is 1. The van der Waals surface area contributed by atoms with Crippen molar-refractivity contribution >= 4 is 23.3 Å². The first-order valence-corrected chi connectivity index (χ1v) is 14.9. The van der Waals surface area contributed by atoms with Crippen molar-refractivity contribution in [2.75, 3.05) is 44.2 Å². The Labute approximate surface area is 245 Å². The number of ether oxygens (including phenoxy) is 1. The molecule has 0 spiro atoms. The first kappa shape index (κ1) is 33.8. The largest absolute Gasteiger partial charge is 0.443 e. The Morgan fingerprint density at radius 2 is 1.29 bits per heavy atom. The van der Waals surface area contributed by atoms with E-state index >= 15 is 0 Å². The van der Waals surface area contributed by atoms with E-state index in [0.29, 0.717) is 51.3 Å². The lowest BCUT2D eigenvalue weighted by Crippen LogP contribution is -2.35. The molecule has 0 fully saturated rings. The summed E-state index contributed by atoms with van der Waals surface area (Å²) < 4.78 is 5.70. The van der Waals surface area contributed by atoms with Gasteiger partial charge in [-0.05, 0) is 93.4 Å². The van der Waals surface area contributed by atoms with Crippen molar-refractivity contribution in [2.45, 2.75) is 70.4 Å². The molecular weight excluding hydrogens is 516 g/mol. The summed E-state index contributed by atoms with van der Waals surface area (Å²) in [6, 6.07) is 15.4. The van der Waals surface area contributed by atoms with Gasteiger partial charge in [0.25, 0.3) is 0 Å². The number of rotatable bonds is 21. The number of carbonyl (C=O) groups excluding carboxylic acids is 2. The molecule has 0 radical (unpaired) electrons. The second kappa shape index (κ2) is 20.5. The molecule has 9 N–H and O–H groups in total. The fraction of sp³-hybridized carbons (Fsp3) is 0.500. The van der Waals surface area contributed by atoms with Crippen LogP contribution >= 0.6 is 0 Å². The molecule has 0 aliphatic rings. The summed E-state index contributed by atoms with van der Waals surface area (Å²) in [7, 11) is 0. The molecule has 9 nitrogen and oxygen atoms in total. The topological polar surface area (TPSA) is 163 Å². The Balaban J connectivity index is 1.93. The number of nitrogens with zero attached hydrogens (tertiary/aromatic N) is 1. The average molecular weight is 567 g/mol. The number of hydrogen-bond donors (Lipinski definition) is 5. The zero-order valence-corrected chi connectivity index (χ0v) is 24.4. The van der Waals surface area contributed by atoms with E-state index in [2.05, 4.69) is 5.32 Å². The molecule has 226 valence electrons. The van der Waals surface area contributed by atoms with Crippen LogP contribution in [0.4, 0.5) is 11.4 Å².